The van der Waals surface area contributed by atoms with Gasteiger partial charge in [0.05, 0.1) is 6.54 Å². The van der Waals surface area contributed by atoms with Gasteiger partial charge in [-0.15, -0.1) is 13.2 Å². The normalized spacial score (nSPS) is 12.9. The molecule has 0 aromatic heterocycles. The van der Waals surface area contributed by atoms with Crippen molar-refractivity contribution in [3.8, 4) is 5.75 Å². The molecule has 0 atom stereocenters. The summed E-state index contributed by atoms with van der Waals surface area (Å²) < 4.78 is 41.9. The molecule has 1 amide bonds. The summed E-state index contributed by atoms with van der Waals surface area (Å²) in [7, 11) is 1.58. The van der Waals surface area contributed by atoms with Crippen LogP contribution >= 0.6 is 0 Å². The van der Waals surface area contributed by atoms with E-state index in [1.54, 1.807) is 37.4 Å². The number of likely N-dealkylation sites (N-methyl/N-ethyl adjacent to an activating group) is 1. The molecule has 0 bridgehead atoms. The zero-order chi connectivity index (χ0) is 24.5. The number of ether oxygens (including phenoxy) is 1. The summed E-state index contributed by atoms with van der Waals surface area (Å²) >= 11 is 0. The van der Waals surface area contributed by atoms with Gasteiger partial charge >= 0.3 is 6.36 Å². The molecular weight excluding hydrogens is 449 g/mol. The maximum atomic E-state index is 12.8. The number of halogens is 3. The molecule has 3 aromatic carbocycles. The van der Waals surface area contributed by atoms with Crippen LogP contribution in [0.3, 0.4) is 0 Å². The first-order chi connectivity index (χ1) is 16.1. The molecule has 0 radical (unpaired) electrons. The van der Waals surface area contributed by atoms with Crippen LogP contribution in [-0.2, 0) is 11.3 Å². The van der Waals surface area contributed by atoms with E-state index in [1.807, 2.05) is 0 Å². The fourth-order valence-electron chi connectivity index (χ4n) is 3.83. The van der Waals surface area contributed by atoms with Gasteiger partial charge < -0.3 is 10.1 Å². The highest BCUT2D eigenvalue weighted by Crippen LogP contribution is 2.29. The maximum absolute atomic E-state index is 12.8. The first kappa shape index (κ1) is 23.2. The number of hydrogen-bond donors (Lipinski definition) is 1. The highest BCUT2D eigenvalue weighted by Gasteiger charge is 2.32. The lowest BCUT2D eigenvalue weighted by atomic mass is 9.84. The molecule has 0 unspecified atom stereocenters. The lowest BCUT2D eigenvalue weighted by molar-refractivity contribution is -0.275. The third-order valence-corrected chi connectivity index (χ3v) is 5.26. The van der Waals surface area contributed by atoms with Crippen molar-refractivity contribution in [1.82, 2.24) is 4.90 Å². The maximum Gasteiger partial charge on any atom is 0.573 e. The number of rotatable bonds is 6. The van der Waals surface area contributed by atoms with Crippen molar-refractivity contribution in [2.75, 3.05) is 18.9 Å². The third-order valence-electron chi connectivity index (χ3n) is 5.26. The third kappa shape index (κ3) is 4.99. The molecule has 4 rings (SSSR count). The van der Waals surface area contributed by atoms with Crippen molar-refractivity contribution in [2.45, 2.75) is 12.9 Å². The quantitative estimate of drug-likeness (QED) is 0.453. The van der Waals surface area contributed by atoms with Gasteiger partial charge in [0.1, 0.15) is 5.75 Å². The summed E-state index contributed by atoms with van der Waals surface area (Å²) in [6.07, 6.45) is -4.82. The number of alkyl halides is 3. The van der Waals surface area contributed by atoms with Gasteiger partial charge in [-0.25, -0.2) is 0 Å². The van der Waals surface area contributed by atoms with Gasteiger partial charge in [-0.3, -0.25) is 19.3 Å². The summed E-state index contributed by atoms with van der Waals surface area (Å²) in [5, 5.41) is 2.67. The zero-order valence-electron chi connectivity index (χ0n) is 18.0. The second-order valence-corrected chi connectivity index (χ2v) is 7.84. The first-order valence-corrected chi connectivity index (χ1v) is 10.3. The van der Waals surface area contributed by atoms with Crippen molar-refractivity contribution < 1.29 is 32.3 Å². The fourth-order valence-corrected chi connectivity index (χ4v) is 3.83. The number of anilines is 1. The van der Waals surface area contributed by atoms with Crippen molar-refractivity contribution in [3.63, 3.8) is 0 Å². The van der Waals surface area contributed by atoms with E-state index in [0.29, 0.717) is 16.8 Å². The van der Waals surface area contributed by atoms with Crippen molar-refractivity contribution >= 4 is 23.2 Å². The van der Waals surface area contributed by atoms with E-state index in [9.17, 15) is 27.6 Å². The van der Waals surface area contributed by atoms with Crippen LogP contribution in [0.25, 0.3) is 0 Å². The van der Waals surface area contributed by atoms with Gasteiger partial charge in [-0.05, 0) is 31.3 Å². The van der Waals surface area contributed by atoms with Crippen LogP contribution in [0.4, 0.5) is 18.9 Å². The Bertz CT molecular complexity index is 1290. The summed E-state index contributed by atoms with van der Waals surface area (Å²) in [6, 6.07) is 16.7. The van der Waals surface area contributed by atoms with E-state index in [-0.39, 0.29) is 47.1 Å². The average molecular weight is 468 g/mol. The minimum Gasteiger partial charge on any atom is -0.405 e. The number of para-hydroxylation sites is 1. The van der Waals surface area contributed by atoms with E-state index in [1.165, 1.54) is 41.3 Å². The molecule has 9 heteroatoms. The van der Waals surface area contributed by atoms with Crippen LogP contribution in [0, 0.1) is 0 Å². The molecule has 0 saturated heterocycles. The summed E-state index contributed by atoms with van der Waals surface area (Å²) in [6.45, 7) is -0.0964. The number of nitrogens with zero attached hydrogens (tertiary/aromatic N) is 1. The van der Waals surface area contributed by atoms with Crippen LogP contribution < -0.4 is 10.1 Å². The smallest absolute Gasteiger partial charge is 0.405 e. The number of nitrogens with one attached hydrogen (secondary N) is 1. The largest absolute Gasteiger partial charge is 0.573 e. The summed E-state index contributed by atoms with van der Waals surface area (Å²) in [5.74, 6) is -1.34. The number of carbonyl (C=O) groups excluding carboxylic acids is 3. The molecule has 0 saturated carbocycles. The topological polar surface area (TPSA) is 75.7 Å². The second-order valence-electron chi connectivity index (χ2n) is 7.84. The molecule has 174 valence electrons. The number of carbonyl (C=O) groups is 3. The molecule has 0 fully saturated rings. The Balaban J connectivity index is 1.44. The van der Waals surface area contributed by atoms with Crippen LogP contribution in [0.15, 0.2) is 66.7 Å². The number of hydrogen-bond acceptors (Lipinski definition) is 5. The predicted octanol–water partition coefficient (Wildman–Crippen LogP) is 4.43. The van der Waals surface area contributed by atoms with E-state index >= 15 is 0 Å². The van der Waals surface area contributed by atoms with Gasteiger partial charge in [0.15, 0.2) is 11.6 Å². The monoisotopic (exact) mass is 468 g/mol. The SMILES string of the molecule is CN(CC(=O)Nc1ccc2c(c1)C(=O)c1ccccc1C2=O)Cc1ccccc1OC(F)(F)F. The van der Waals surface area contributed by atoms with Gasteiger partial charge in [0, 0.05) is 40.0 Å². The van der Waals surface area contributed by atoms with Crippen LogP contribution in [0.1, 0.15) is 37.4 Å². The standard InChI is InChI=1S/C25H19F3N2O4/c1-30(13-15-6-2-5-9-21(15)34-25(26,27)28)14-22(31)29-16-10-11-19-20(12-16)24(33)18-8-4-3-7-17(18)23(19)32/h2-12H,13-14H2,1H3,(H,29,31). The van der Waals surface area contributed by atoms with Gasteiger partial charge in [-0.1, -0.05) is 42.5 Å². The van der Waals surface area contributed by atoms with Crippen molar-refractivity contribution in [1.29, 1.82) is 0 Å². The molecule has 3 aromatic rings. The molecule has 0 spiro atoms. The molecule has 6 nitrogen and oxygen atoms in total. The Morgan fingerprint density at radius 1 is 0.882 bits per heavy atom. The predicted molar refractivity (Wildman–Crippen MR) is 118 cm³/mol. The van der Waals surface area contributed by atoms with Crippen LogP contribution in [-0.4, -0.2) is 42.3 Å². The highest BCUT2D eigenvalue weighted by molar-refractivity contribution is 6.28. The molecule has 1 N–H and O–H groups in total. The first-order valence-electron chi connectivity index (χ1n) is 10.3. The number of amides is 1. The summed E-state index contributed by atoms with van der Waals surface area (Å²) in [5.41, 5.74) is 1.72. The average Bonchev–Trinajstić information content (AvgIpc) is 2.77. The minimum absolute atomic E-state index is 0.0354. The van der Waals surface area contributed by atoms with Gasteiger partial charge in [0.25, 0.3) is 0 Å². The molecule has 1 aliphatic rings. The highest BCUT2D eigenvalue weighted by atomic mass is 19.4. The van der Waals surface area contributed by atoms with Crippen LogP contribution in [0.5, 0.6) is 5.75 Å². The van der Waals surface area contributed by atoms with E-state index in [0.717, 1.165) is 0 Å². The summed E-state index contributed by atoms with van der Waals surface area (Å²) in [4.78, 5) is 39.6. The molecule has 0 heterocycles. The van der Waals surface area contributed by atoms with Crippen LogP contribution in [0.2, 0.25) is 0 Å². The molecule has 1 aliphatic carbocycles. The molecule has 34 heavy (non-hydrogen) atoms. The Labute approximate surface area is 192 Å². The molecule has 0 aliphatic heterocycles. The Morgan fingerprint density at radius 2 is 1.47 bits per heavy atom. The van der Waals surface area contributed by atoms with Crippen molar-refractivity contribution in [3.05, 3.63) is 94.5 Å². The Hall–Kier alpha value is -3.98. The molecular formula is C25H19F3N2O4. The lowest BCUT2D eigenvalue weighted by Gasteiger charge is -2.20. The Morgan fingerprint density at radius 3 is 2.15 bits per heavy atom. The fraction of sp³-hybridized carbons (Fsp3) is 0.160. The van der Waals surface area contributed by atoms with E-state index in [4.69, 9.17) is 0 Å². The minimum atomic E-state index is -4.82. The van der Waals surface area contributed by atoms with Gasteiger partial charge in [0.2, 0.25) is 5.91 Å². The second kappa shape index (κ2) is 9.11. The zero-order valence-corrected chi connectivity index (χ0v) is 18.0. The lowest BCUT2D eigenvalue weighted by Crippen LogP contribution is -2.30. The van der Waals surface area contributed by atoms with Crippen molar-refractivity contribution in [2.24, 2.45) is 0 Å². The van der Waals surface area contributed by atoms with E-state index in [2.05, 4.69) is 10.1 Å². The van der Waals surface area contributed by atoms with E-state index < -0.39 is 12.3 Å². The number of benzene rings is 3. The van der Waals surface area contributed by atoms with Gasteiger partial charge in [-0.2, -0.15) is 0 Å². The Kier molecular flexibility index (Phi) is 6.21. The number of fused-ring (bicyclic) bond motifs is 2. The number of ketones is 2.